The molecule has 0 aromatic heterocycles. The van der Waals surface area contributed by atoms with E-state index in [9.17, 15) is 4.79 Å². The first-order chi connectivity index (χ1) is 7.75. The number of rotatable bonds is 5. The third-order valence-corrected chi connectivity index (χ3v) is 3.29. The lowest BCUT2D eigenvalue weighted by Gasteiger charge is -2.28. The Morgan fingerprint density at radius 2 is 2.12 bits per heavy atom. The molecule has 0 radical (unpaired) electrons. The van der Waals surface area contributed by atoms with Crippen molar-refractivity contribution < 1.29 is 9.53 Å². The van der Waals surface area contributed by atoms with Crippen molar-refractivity contribution in [2.24, 2.45) is 5.92 Å². The topological polar surface area (TPSA) is 50.4 Å². The molecule has 2 fully saturated rings. The van der Waals surface area contributed by atoms with Gasteiger partial charge in [0, 0.05) is 31.7 Å². The summed E-state index contributed by atoms with van der Waals surface area (Å²) in [7, 11) is 0. The molecule has 2 rings (SSSR count). The summed E-state index contributed by atoms with van der Waals surface area (Å²) in [6, 6.07) is 0.557. The van der Waals surface area contributed by atoms with Gasteiger partial charge in [-0.1, -0.05) is 0 Å². The lowest BCUT2D eigenvalue weighted by molar-refractivity contribution is -0.122. The van der Waals surface area contributed by atoms with Gasteiger partial charge < -0.3 is 15.4 Å². The van der Waals surface area contributed by atoms with Crippen LogP contribution in [0.2, 0.25) is 0 Å². The van der Waals surface area contributed by atoms with Gasteiger partial charge in [0.25, 0.3) is 0 Å². The zero-order valence-corrected chi connectivity index (χ0v) is 10.00. The predicted molar refractivity (Wildman–Crippen MR) is 62.2 cm³/mol. The van der Waals surface area contributed by atoms with E-state index >= 15 is 0 Å². The van der Waals surface area contributed by atoms with Crippen LogP contribution in [-0.2, 0) is 9.53 Å². The molecule has 2 N–H and O–H groups in total. The molecule has 4 nitrogen and oxygen atoms in total. The molecular weight excluding hydrogens is 204 g/mol. The molecular formula is C12H22N2O2. The van der Waals surface area contributed by atoms with Crippen LogP contribution in [-0.4, -0.2) is 37.7 Å². The van der Waals surface area contributed by atoms with E-state index in [2.05, 4.69) is 17.6 Å². The van der Waals surface area contributed by atoms with Gasteiger partial charge in [-0.05, 0) is 32.6 Å². The van der Waals surface area contributed by atoms with Crippen LogP contribution in [0.5, 0.6) is 0 Å². The number of hydrogen-bond donors (Lipinski definition) is 2. The third-order valence-electron chi connectivity index (χ3n) is 3.29. The Morgan fingerprint density at radius 3 is 2.81 bits per heavy atom. The second-order valence-corrected chi connectivity index (χ2v) is 4.92. The van der Waals surface area contributed by atoms with Crippen molar-refractivity contribution in [1.82, 2.24) is 10.6 Å². The Kier molecular flexibility index (Phi) is 4.18. The normalized spacial score (nSPS) is 30.1. The van der Waals surface area contributed by atoms with Gasteiger partial charge in [0.2, 0.25) is 5.91 Å². The summed E-state index contributed by atoms with van der Waals surface area (Å²) < 4.78 is 5.48. The Morgan fingerprint density at radius 1 is 1.31 bits per heavy atom. The van der Waals surface area contributed by atoms with Gasteiger partial charge in [-0.15, -0.1) is 0 Å². The van der Waals surface area contributed by atoms with Crippen LogP contribution in [0.4, 0.5) is 0 Å². The fourth-order valence-electron chi connectivity index (χ4n) is 2.14. The van der Waals surface area contributed by atoms with E-state index in [0.29, 0.717) is 18.1 Å². The first-order valence-electron chi connectivity index (χ1n) is 6.38. The summed E-state index contributed by atoms with van der Waals surface area (Å²) in [5, 5.41) is 6.43. The predicted octanol–water partition coefficient (Wildman–Crippen LogP) is 0.670. The molecule has 1 aliphatic carbocycles. The number of hydrogen-bond acceptors (Lipinski definition) is 3. The van der Waals surface area contributed by atoms with Crippen molar-refractivity contribution >= 4 is 5.91 Å². The molecule has 2 atom stereocenters. The maximum atomic E-state index is 11.3. The highest BCUT2D eigenvalue weighted by Crippen LogP contribution is 2.28. The Hall–Kier alpha value is -0.610. The molecule has 4 heteroatoms. The zero-order chi connectivity index (χ0) is 11.4. The minimum absolute atomic E-state index is 0.238. The first-order valence-corrected chi connectivity index (χ1v) is 6.38. The number of nitrogens with one attached hydrogen (secondary N) is 2. The largest absolute Gasteiger partial charge is 0.378 e. The molecule has 1 saturated heterocycles. The number of carbonyl (C=O) groups excluding carboxylic acids is 1. The molecule has 1 aliphatic heterocycles. The van der Waals surface area contributed by atoms with Crippen LogP contribution >= 0.6 is 0 Å². The molecule has 2 aliphatic rings. The zero-order valence-electron chi connectivity index (χ0n) is 10.00. The summed E-state index contributed by atoms with van der Waals surface area (Å²) in [6.45, 7) is 4.59. The van der Waals surface area contributed by atoms with E-state index in [-0.39, 0.29) is 5.91 Å². The average molecular weight is 226 g/mol. The van der Waals surface area contributed by atoms with Crippen molar-refractivity contribution in [3.8, 4) is 0 Å². The Labute approximate surface area is 97.1 Å². The van der Waals surface area contributed by atoms with Crippen molar-refractivity contribution in [1.29, 1.82) is 0 Å². The quantitative estimate of drug-likeness (QED) is 0.677. The molecule has 16 heavy (non-hydrogen) atoms. The molecule has 0 spiro atoms. The van der Waals surface area contributed by atoms with Crippen LogP contribution in [0.3, 0.4) is 0 Å². The standard InChI is InChI=1S/C12H22N2O2/c1-9-8-11(4-7-16-9)13-5-6-14-12(15)10-2-3-10/h9-11,13H,2-8H2,1H3,(H,14,15). The van der Waals surface area contributed by atoms with E-state index < -0.39 is 0 Å². The highest BCUT2D eigenvalue weighted by atomic mass is 16.5. The molecule has 0 bridgehead atoms. The minimum atomic E-state index is 0.238. The van der Waals surface area contributed by atoms with Crippen molar-refractivity contribution in [3.63, 3.8) is 0 Å². The molecule has 0 aromatic carbocycles. The third kappa shape index (κ3) is 3.76. The highest BCUT2D eigenvalue weighted by molar-refractivity contribution is 5.80. The lowest BCUT2D eigenvalue weighted by Crippen LogP contribution is -2.41. The summed E-state index contributed by atoms with van der Waals surface area (Å²) >= 11 is 0. The van der Waals surface area contributed by atoms with Gasteiger partial charge in [-0.3, -0.25) is 4.79 Å². The van der Waals surface area contributed by atoms with Crippen molar-refractivity contribution in [2.45, 2.75) is 44.8 Å². The van der Waals surface area contributed by atoms with E-state index in [1.165, 1.54) is 0 Å². The van der Waals surface area contributed by atoms with E-state index in [4.69, 9.17) is 4.74 Å². The number of ether oxygens (including phenoxy) is 1. The summed E-state index contributed by atoms with van der Waals surface area (Å²) in [5.74, 6) is 0.560. The number of amides is 1. The van der Waals surface area contributed by atoms with Gasteiger partial charge in [0.05, 0.1) is 6.10 Å². The van der Waals surface area contributed by atoms with Crippen molar-refractivity contribution in [2.75, 3.05) is 19.7 Å². The average Bonchev–Trinajstić information content (AvgIpc) is 3.08. The molecule has 92 valence electrons. The van der Waals surface area contributed by atoms with Gasteiger partial charge in [0.15, 0.2) is 0 Å². The lowest BCUT2D eigenvalue weighted by atomic mass is 10.0. The van der Waals surface area contributed by atoms with Crippen LogP contribution in [0.25, 0.3) is 0 Å². The summed E-state index contributed by atoms with van der Waals surface area (Å²) in [6.07, 6.45) is 4.69. The van der Waals surface area contributed by atoms with Crippen LogP contribution in [0.1, 0.15) is 32.6 Å². The van der Waals surface area contributed by atoms with Gasteiger partial charge in [-0.25, -0.2) is 0 Å². The van der Waals surface area contributed by atoms with E-state index in [1.54, 1.807) is 0 Å². The van der Waals surface area contributed by atoms with E-state index in [1.807, 2.05) is 0 Å². The maximum absolute atomic E-state index is 11.3. The Bertz CT molecular complexity index is 241. The highest BCUT2D eigenvalue weighted by Gasteiger charge is 2.29. The van der Waals surface area contributed by atoms with Crippen molar-refractivity contribution in [3.05, 3.63) is 0 Å². The second-order valence-electron chi connectivity index (χ2n) is 4.92. The van der Waals surface area contributed by atoms with Gasteiger partial charge >= 0.3 is 0 Å². The first kappa shape index (κ1) is 11.9. The Balaban J connectivity index is 1.51. The van der Waals surface area contributed by atoms with Crippen LogP contribution in [0, 0.1) is 5.92 Å². The van der Waals surface area contributed by atoms with Crippen LogP contribution < -0.4 is 10.6 Å². The SMILES string of the molecule is CC1CC(NCCNC(=O)C2CC2)CCO1. The summed E-state index contributed by atoms with van der Waals surface area (Å²) in [5.41, 5.74) is 0. The van der Waals surface area contributed by atoms with Crippen LogP contribution in [0.15, 0.2) is 0 Å². The summed E-state index contributed by atoms with van der Waals surface area (Å²) in [4.78, 5) is 11.3. The smallest absolute Gasteiger partial charge is 0.223 e. The monoisotopic (exact) mass is 226 g/mol. The van der Waals surface area contributed by atoms with Gasteiger partial charge in [0.1, 0.15) is 0 Å². The van der Waals surface area contributed by atoms with Gasteiger partial charge in [-0.2, -0.15) is 0 Å². The molecule has 2 unspecified atom stereocenters. The molecule has 0 aromatic rings. The fourth-order valence-corrected chi connectivity index (χ4v) is 2.14. The second kappa shape index (κ2) is 5.64. The number of carbonyl (C=O) groups is 1. The minimum Gasteiger partial charge on any atom is -0.378 e. The maximum Gasteiger partial charge on any atom is 0.223 e. The fraction of sp³-hybridized carbons (Fsp3) is 0.917. The molecule has 1 amide bonds. The molecule has 1 saturated carbocycles. The molecule has 1 heterocycles. The van der Waals surface area contributed by atoms with E-state index in [0.717, 1.165) is 45.4 Å².